The number of carbonyl (C=O) groups excluding carboxylic acids is 2. The maximum absolute atomic E-state index is 13.4. The largest absolute Gasteiger partial charge is 0.342 e. The lowest BCUT2D eigenvalue weighted by Crippen LogP contribution is -2.43. The number of aromatic nitrogens is 2. The molecule has 2 aliphatic heterocycles. The van der Waals surface area contributed by atoms with Gasteiger partial charge in [0.1, 0.15) is 0 Å². The number of aryl methyl sites for hydroxylation is 3. The number of hydrogen-bond acceptors (Lipinski definition) is 5. The molecule has 2 aliphatic rings. The van der Waals surface area contributed by atoms with Gasteiger partial charge in [-0.25, -0.2) is 0 Å². The Kier molecular flexibility index (Phi) is 6.17. The Morgan fingerprint density at radius 1 is 1.00 bits per heavy atom. The van der Waals surface area contributed by atoms with Crippen molar-refractivity contribution in [2.24, 2.45) is 11.8 Å². The van der Waals surface area contributed by atoms with Crippen LogP contribution >= 0.6 is 0 Å². The summed E-state index contributed by atoms with van der Waals surface area (Å²) in [6.45, 7) is 9.72. The van der Waals surface area contributed by atoms with E-state index < -0.39 is 0 Å². The minimum absolute atomic E-state index is 0.0241. The van der Waals surface area contributed by atoms with Crippen LogP contribution in [0.3, 0.4) is 0 Å². The molecule has 7 heteroatoms. The number of hydrogen-bond donors (Lipinski definition) is 0. The highest BCUT2D eigenvalue weighted by Gasteiger charge is 2.44. The molecular weight excluding hydrogens is 440 g/mol. The predicted molar refractivity (Wildman–Crippen MR) is 134 cm³/mol. The average Bonchev–Trinajstić information content (AvgIpc) is 3.47. The Morgan fingerprint density at radius 3 is 2.40 bits per heavy atom. The highest BCUT2D eigenvalue weighted by atomic mass is 16.5. The lowest BCUT2D eigenvalue weighted by molar-refractivity contribution is -0.138. The molecule has 0 spiro atoms. The van der Waals surface area contributed by atoms with E-state index in [0.29, 0.717) is 31.3 Å². The maximum Gasteiger partial charge on any atom is 0.230 e. The van der Waals surface area contributed by atoms with E-state index in [0.717, 1.165) is 29.7 Å². The van der Waals surface area contributed by atoms with Crippen LogP contribution in [0.2, 0.25) is 0 Å². The van der Waals surface area contributed by atoms with Gasteiger partial charge >= 0.3 is 0 Å². The van der Waals surface area contributed by atoms with Crippen LogP contribution in [-0.4, -0.2) is 46.5 Å². The van der Waals surface area contributed by atoms with Crippen molar-refractivity contribution in [3.05, 3.63) is 65.0 Å². The molecule has 0 saturated carbocycles. The van der Waals surface area contributed by atoms with Crippen molar-refractivity contribution in [2.45, 2.75) is 46.5 Å². The van der Waals surface area contributed by atoms with Crippen LogP contribution in [0.1, 0.15) is 48.3 Å². The zero-order chi connectivity index (χ0) is 24.7. The molecule has 0 radical (unpaired) electrons. The van der Waals surface area contributed by atoms with Crippen molar-refractivity contribution < 1.29 is 14.1 Å². The van der Waals surface area contributed by atoms with Gasteiger partial charge in [-0.05, 0) is 56.9 Å². The van der Waals surface area contributed by atoms with Gasteiger partial charge in [-0.2, -0.15) is 4.98 Å². The standard InChI is InChI=1S/C28H32N4O3/c1-17-5-8-21(9-6-17)25-29-26(35-30-25)22-11-13-31(14-12-22)28(34)24-16-32(27(33)20(24)4)23-10-7-18(2)19(3)15-23/h5-10,15,20,22,24H,11-14,16H2,1-4H3. The van der Waals surface area contributed by atoms with E-state index >= 15 is 0 Å². The van der Waals surface area contributed by atoms with Crippen molar-refractivity contribution in [3.63, 3.8) is 0 Å². The second-order valence-electron chi connectivity index (χ2n) is 10.0. The van der Waals surface area contributed by atoms with Crippen molar-refractivity contribution in [1.29, 1.82) is 0 Å². The number of carbonyl (C=O) groups is 2. The average molecular weight is 473 g/mol. The molecule has 5 rings (SSSR count). The van der Waals surface area contributed by atoms with Gasteiger partial charge in [-0.1, -0.05) is 48.0 Å². The molecule has 1 aromatic heterocycles. The van der Waals surface area contributed by atoms with Crippen LogP contribution < -0.4 is 4.90 Å². The summed E-state index contributed by atoms with van der Waals surface area (Å²) in [6.07, 6.45) is 1.55. The molecule has 0 bridgehead atoms. The van der Waals surface area contributed by atoms with E-state index in [2.05, 4.69) is 17.1 Å². The van der Waals surface area contributed by atoms with Crippen molar-refractivity contribution in [2.75, 3.05) is 24.5 Å². The van der Waals surface area contributed by atoms with Crippen LogP contribution in [0, 0.1) is 32.6 Å². The van der Waals surface area contributed by atoms with E-state index in [-0.39, 0.29) is 29.6 Å². The van der Waals surface area contributed by atoms with Gasteiger partial charge < -0.3 is 14.3 Å². The van der Waals surface area contributed by atoms with Gasteiger partial charge in [0.05, 0.1) is 5.92 Å². The minimum Gasteiger partial charge on any atom is -0.342 e. The van der Waals surface area contributed by atoms with Gasteiger partial charge in [0.15, 0.2) is 0 Å². The smallest absolute Gasteiger partial charge is 0.230 e. The first kappa shape index (κ1) is 23.3. The number of benzene rings is 2. The van der Waals surface area contributed by atoms with Gasteiger partial charge in [0.2, 0.25) is 23.5 Å². The van der Waals surface area contributed by atoms with Crippen LogP contribution in [-0.2, 0) is 9.59 Å². The third-order valence-electron chi connectivity index (χ3n) is 7.67. The summed E-state index contributed by atoms with van der Waals surface area (Å²) in [4.78, 5) is 34.7. The molecule has 3 aromatic rings. The minimum atomic E-state index is -0.324. The van der Waals surface area contributed by atoms with Crippen LogP contribution in [0.25, 0.3) is 11.4 Å². The zero-order valence-electron chi connectivity index (χ0n) is 20.8. The summed E-state index contributed by atoms with van der Waals surface area (Å²) in [5.41, 5.74) is 5.33. The van der Waals surface area contributed by atoms with E-state index in [1.807, 2.05) is 68.1 Å². The van der Waals surface area contributed by atoms with Gasteiger partial charge in [0, 0.05) is 42.7 Å². The van der Waals surface area contributed by atoms with Gasteiger partial charge in [0.25, 0.3) is 0 Å². The van der Waals surface area contributed by atoms with Crippen LogP contribution in [0.5, 0.6) is 0 Å². The fraction of sp³-hybridized carbons (Fsp3) is 0.429. The number of rotatable bonds is 4. The van der Waals surface area contributed by atoms with Crippen molar-refractivity contribution >= 4 is 17.5 Å². The van der Waals surface area contributed by atoms with Crippen molar-refractivity contribution in [3.8, 4) is 11.4 Å². The summed E-state index contributed by atoms with van der Waals surface area (Å²) in [6, 6.07) is 14.1. The normalized spacial score (nSPS) is 21.1. The molecule has 2 amide bonds. The van der Waals surface area contributed by atoms with E-state index in [4.69, 9.17) is 4.52 Å². The molecule has 0 aliphatic carbocycles. The van der Waals surface area contributed by atoms with E-state index in [1.54, 1.807) is 4.90 Å². The monoisotopic (exact) mass is 472 g/mol. The number of amides is 2. The summed E-state index contributed by atoms with van der Waals surface area (Å²) in [5, 5.41) is 4.17. The number of anilines is 1. The summed E-state index contributed by atoms with van der Waals surface area (Å²) in [5.74, 6) is 0.825. The van der Waals surface area contributed by atoms with Crippen LogP contribution in [0.15, 0.2) is 47.0 Å². The van der Waals surface area contributed by atoms with E-state index in [9.17, 15) is 9.59 Å². The molecule has 0 N–H and O–H groups in total. The quantitative estimate of drug-likeness (QED) is 0.551. The van der Waals surface area contributed by atoms with Crippen molar-refractivity contribution in [1.82, 2.24) is 15.0 Å². The highest BCUT2D eigenvalue weighted by molar-refractivity contribution is 6.02. The SMILES string of the molecule is Cc1ccc(-c2noc(C3CCN(C(=O)C4CN(c5ccc(C)c(C)c5)C(=O)C4C)CC3)n2)cc1. The molecule has 7 nitrogen and oxygen atoms in total. The highest BCUT2D eigenvalue weighted by Crippen LogP contribution is 2.34. The first-order valence-corrected chi connectivity index (χ1v) is 12.4. The molecule has 2 saturated heterocycles. The lowest BCUT2D eigenvalue weighted by Gasteiger charge is -2.32. The second-order valence-corrected chi connectivity index (χ2v) is 10.0. The number of nitrogens with zero attached hydrogens (tertiary/aromatic N) is 4. The lowest BCUT2D eigenvalue weighted by atomic mass is 9.92. The number of likely N-dealkylation sites (tertiary alicyclic amines) is 1. The molecule has 2 unspecified atom stereocenters. The van der Waals surface area contributed by atoms with Gasteiger partial charge in [-0.15, -0.1) is 0 Å². The summed E-state index contributed by atoms with van der Waals surface area (Å²) >= 11 is 0. The Bertz CT molecular complexity index is 1240. The molecule has 2 atom stereocenters. The third-order valence-corrected chi connectivity index (χ3v) is 7.67. The second kappa shape index (κ2) is 9.29. The fourth-order valence-corrected chi connectivity index (χ4v) is 5.08. The maximum atomic E-state index is 13.4. The number of piperidine rings is 1. The zero-order valence-corrected chi connectivity index (χ0v) is 20.8. The topological polar surface area (TPSA) is 79.5 Å². The predicted octanol–water partition coefficient (Wildman–Crippen LogP) is 4.67. The molecule has 2 aromatic carbocycles. The Hall–Kier alpha value is -3.48. The summed E-state index contributed by atoms with van der Waals surface area (Å²) in [7, 11) is 0. The first-order chi connectivity index (χ1) is 16.8. The Morgan fingerprint density at radius 2 is 1.71 bits per heavy atom. The fourth-order valence-electron chi connectivity index (χ4n) is 5.08. The molecular formula is C28H32N4O3. The van der Waals surface area contributed by atoms with E-state index in [1.165, 1.54) is 11.1 Å². The Labute approximate surface area is 206 Å². The molecule has 3 heterocycles. The molecule has 182 valence electrons. The first-order valence-electron chi connectivity index (χ1n) is 12.4. The Balaban J connectivity index is 1.22. The molecule has 2 fully saturated rings. The van der Waals surface area contributed by atoms with Crippen LogP contribution in [0.4, 0.5) is 5.69 Å². The molecule has 35 heavy (non-hydrogen) atoms. The van der Waals surface area contributed by atoms with Gasteiger partial charge in [-0.3, -0.25) is 9.59 Å². The summed E-state index contributed by atoms with van der Waals surface area (Å²) < 4.78 is 5.58. The third kappa shape index (κ3) is 4.47.